The van der Waals surface area contributed by atoms with E-state index in [0.717, 1.165) is 29.0 Å². The summed E-state index contributed by atoms with van der Waals surface area (Å²) in [4.78, 5) is 11.7. The first-order valence-electron chi connectivity index (χ1n) is 7.39. The Labute approximate surface area is 135 Å². The van der Waals surface area contributed by atoms with Gasteiger partial charge < -0.3 is 9.47 Å². The summed E-state index contributed by atoms with van der Waals surface area (Å²) in [6, 6.07) is 15.0. The van der Waals surface area contributed by atoms with Crippen LogP contribution in [0.4, 0.5) is 0 Å². The molecule has 0 fully saturated rings. The van der Waals surface area contributed by atoms with Gasteiger partial charge in [-0.25, -0.2) is 5.43 Å². The lowest BCUT2D eigenvalue weighted by molar-refractivity contribution is -0.123. The van der Waals surface area contributed by atoms with Crippen molar-refractivity contribution < 1.29 is 14.3 Å². The van der Waals surface area contributed by atoms with E-state index in [0.29, 0.717) is 0 Å². The van der Waals surface area contributed by atoms with E-state index in [1.807, 2.05) is 55.5 Å². The summed E-state index contributed by atoms with van der Waals surface area (Å²) in [5, 5.41) is 3.91. The summed E-state index contributed by atoms with van der Waals surface area (Å²) < 4.78 is 10.6. The van der Waals surface area contributed by atoms with Crippen LogP contribution in [0.1, 0.15) is 18.1 Å². The van der Waals surface area contributed by atoms with Gasteiger partial charge in [-0.2, -0.15) is 5.10 Å². The average Bonchev–Trinajstić information content (AvgIpc) is 2.60. The van der Waals surface area contributed by atoms with E-state index in [9.17, 15) is 4.79 Å². The van der Waals surface area contributed by atoms with E-state index in [-0.39, 0.29) is 12.5 Å². The molecule has 2 aromatic rings. The van der Waals surface area contributed by atoms with Gasteiger partial charge in [-0.3, -0.25) is 4.79 Å². The summed E-state index contributed by atoms with van der Waals surface area (Å²) >= 11 is 0. The fourth-order valence-electron chi connectivity index (χ4n) is 1.98. The van der Waals surface area contributed by atoms with Crippen LogP contribution < -0.4 is 14.9 Å². The third-order valence-corrected chi connectivity index (χ3v) is 3.23. The van der Waals surface area contributed by atoms with E-state index in [1.54, 1.807) is 13.3 Å². The molecular formula is C18H20N2O3. The van der Waals surface area contributed by atoms with Gasteiger partial charge in [-0.05, 0) is 47.9 Å². The highest BCUT2D eigenvalue weighted by molar-refractivity contribution is 5.83. The first kappa shape index (κ1) is 16.5. The van der Waals surface area contributed by atoms with Crippen molar-refractivity contribution in [3.05, 3.63) is 59.7 Å². The molecule has 1 amide bonds. The Morgan fingerprint density at radius 3 is 2.61 bits per heavy atom. The number of methoxy groups -OCH3 is 1. The molecule has 0 atom stereocenters. The second-order valence-corrected chi connectivity index (χ2v) is 4.82. The highest BCUT2D eigenvalue weighted by Gasteiger charge is 2.04. The number of carbonyl (C=O) groups excluding carboxylic acids is 1. The molecule has 0 aliphatic rings. The summed E-state index contributed by atoms with van der Waals surface area (Å²) in [6.07, 6.45) is 2.42. The fraction of sp³-hybridized carbons (Fsp3) is 0.222. The molecule has 2 aromatic carbocycles. The quantitative estimate of drug-likeness (QED) is 0.632. The maximum Gasteiger partial charge on any atom is 0.277 e. The van der Waals surface area contributed by atoms with E-state index in [4.69, 9.17) is 9.47 Å². The van der Waals surface area contributed by atoms with Crippen LogP contribution in [0.25, 0.3) is 0 Å². The predicted octanol–water partition coefficient (Wildman–Crippen LogP) is 2.79. The van der Waals surface area contributed by atoms with E-state index in [2.05, 4.69) is 10.5 Å². The van der Waals surface area contributed by atoms with Crippen molar-refractivity contribution >= 4 is 12.1 Å². The predicted molar refractivity (Wildman–Crippen MR) is 90.0 cm³/mol. The van der Waals surface area contributed by atoms with Crippen LogP contribution in [0.2, 0.25) is 0 Å². The van der Waals surface area contributed by atoms with Crippen LogP contribution in [0.15, 0.2) is 53.6 Å². The van der Waals surface area contributed by atoms with Crippen molar-refractivity contribution in [1.29, 1.82) is 0 Å². The molecule has 0 aliphatic heterocycles. The summed E-state index contributed by atoms with van der Waals surface area (Å²) in [5.74, 6) is 1.19. The van der Waals surface area contributed by atoms with Crippen LogP contribution in [-0.4, -0.2) is 25.8 Å². The number of para-hydroxylation sites is 1. The maximum absolute atomic E-state index is 11.7. The van der Waals surface area contributed by atoms with Crippen LogP contribution in [-0.2, 0) is 11.2 Å². The van der Waals surface area contributed by atoms with Gasteiger partial charge in [-0.1, -0.05) is 25.1 Å². The Morgan fingerprint density at radius 2 is 1.91 bits per heavy atom. The molecule has 0 saturated heterocycles. The van der Waals surface area contributed by atoms with Crippen LogP contribution in [0.5, 0.6) is 11.5 Å². The molecule has 1 N–H and O–H groups in total. The lowest BCUT2D eigenvalue weighted by Crippen LogP contribution is -2.24. The molecule has 120 valence electrons. The highest BCUT2D eigenvalue weighted by atomic mass is 16.5. The van der Waals surface area contributed by atoms with E-state index >= 15 is 0 Å². The lowest BCUT2D eigenvalue weighted by atomic mass is 10.1. The Kier molecular flexibility index (Phi) is 6.17. The summed E-state index contributed by atoms with van der Waals surface area (Å²) in [6.45, 7) is 1.97. The minimum absolute atomic E-state index is 0.0725. The molecule has 0 aliphatic carbocycles. The number of amides is 1. The molecule has 2 rings (SSSR count). The molecule has 0 spiro atoms. The van der Waals surface area contributed by atoms with E-state index in [1.165, 1.54) is 0 Å². The maximum atomic E-state index is 11.7. The molecule has 0 unspecified atom stereocenters. The topological polar surface area (TPSA) is 59.9 Å². The number of rotatable bonds is 7. The Balaban J connectivity index is 1.81. The third kappa shape index (κ3) is 5.14. The molecular weight excluding hydrogens is 292 g/mol. The Hall–Kier alpha value is -2.82. The molecule has 0 bridgehead atoms. The summed E-state index contributed by atoms with van der Waals surface area (Å²) in [5.41, 5.74) is 4.38. The van der Waals surface area contributed by atoms with Crippen molar-refractivity contribution in [3.8, 4) is 11.5 Å². The second-order valence-electron chi connectivity index (χ2n) is 4.82. The zero-order valence-corrected chi connectivity index (χ0v) is 13.3. The Morgan fingerprint density at radius 1 is 1.17 bits per heavy atom. The van der Waals surface area contributed by atoms with Crippen molar-refractivity contribution in [3.63, 3.8) is 0 Å². The van der Waals surface area contributed by atoms with Crippen LogP contribution in [0, 0.1) is 0 Å². The number of ether oxygens (including phenoxy) is 2. The molecule has 0 saturated carbocycles. The zero-order valence-electron chi connectivity index (χ0n) is 13.3. The van der Waals surface area contributed by atoms with Crippen molar-refractivity contribution in [2.75, 3.05) is 13.7 Å². The van der Waals surface area contributed by atoms with Gasteiger partial charge in [0.2, 0.25) is 0 Å². The normalized spacial score (nSPS) is 10.5. The minimum atomic E-state index is -0.305. The molecule has 5 heteroatoms. The van der Waals surface area contributed by atoms with Gasteiger partial charge in [0.1, 0.15) is 11.5 Å². The second kappa shape index (κ2) is 8.58. The monoisotopic (exact) mass is 312 g/mol. The van der Waals surface area contributed by atoms with E-state index < -0.39 is 0 Å². The average molecular weight is 312 g/mol. The SMILES string of the molecule is CCc1ccccc1OCC(=O)N/N=C\c1ccc(OC)cc1. The first-order valence-corrected chi connectivity index (χ1v) is 7.39. The van der Waals surface area contributed by atoms with Gasteiger partial charge in [0.05, 0.1) is 13.3 Å². The minimum Gasteiger partial charge on any atom is -0.497 e. The largest absolute Gasteiger partial charge is 0.497 e. The number of hydrazone groups is 1. The Bertz CT molecular complexity index is 666. The van der Waals surface area contributed by atoms with Crippen LogP contribution in [0.3, 0.4) is 0 Å². The van der Waals surface area contributed by atoms with Crippen LogP contribution >= 0.6 is 0 Å². The number of hydrogen-bond donors (Lipinski definition) is 1. The first-order chi connectivity index (χ1) is 11.2. The number of carbonyl (C=O) groups is 1. The number of hydrogen-bond acceptors (Lipinski definition) is 4. The van der Waals surface area contributed by atoms with Gasteiger partial charge >= 0.3 is 0 Å². The molecule has 0 heterocycles. The number of benzene rings is 2. The van der Waals surface area contributed by atoms with Crippen molar-refractivity contribution in [1.82, 2.24) is 5.43 Å². The number of nitrogens with one attached hydrogen (secondary N) is 1. The van der Waals surface area contributed by atoms with Crippen molar-refractivity contribution in [2.24, 2.45) is 5.10 Å². The number of aryl methyl sites for hydroxylation is 1. The lowest BCUT2D eigenvalue weighted by Gasteiger charge is -2.08. The fourth-order valence-corrected chi connectivity index (χ4v) is 1.98. The summed E-state index contributed by atoms with van der Waals surface area (Å²) in [7, 11) is 1.61. The smallest absolute Gasteiger partial charge is 0.277 e. The van der Waals surface area contributed by atoms with Crippen molar-refractivity contribution in [2.45, 2.75) is 13.3 Å². The number of nitrogens with zero attached hydrogens (tertiary/aromatic N) is 1. The molecule has 0 radical (unpaired) electrons. The molecule has 23 heavy (non-hydrogen) atoms. The van der Waals surface area contributed by atoms with Gasteiger partial charge in [-0.15, -0.1) is 0 Å². The van der Waals surface area contributed by atoms with Gasteiger partial charge in [0.25, 0.3) is 5.91 Å². The standard InChI is InChI=1S/C18H20N2O3/c1-3-15-6-4-5-7-17(15)23-13-18(21)20-19-12-14-8-10-16(22-2)11-9-14/h4-12H,3,13H2,1-2H3,(H,20,21)/b19-12-. The molecule has 0 aromatic heterocycles. The molecule has 5 nitrogen and oxygen atoms in total. The third-order valence-electron chi connectivity index (χ3n) is 3.23. The van der Waals surface area contributed by atoms with Gasteiger partial charge in [0, 0.05) is 0 Å². The van der Waals surface area contributed by atoms with Gasteiger partial charge in [0.15, 0.2) is 6.61 Å². The highest BCUT2D eigenvalue weighted by Crippen LogP contribution is 2.17. The zero-order chi connectivity index (χ0) is 16.5.